The lowest BCUT2D eigenvalue weighted by Crippen LogP contribution is -2.36. The van der Waals surface area contributed by atoms with Crippen molar-refractivity contribution in [1.29, 1.82) is 0 Å². The molecule has 0 heterocycles. The molecule has 286 valence electrons. The van der Waals surface area contributed by atoms with Crippen LogP contribution in [0, 0.1) is 23.3 Å². The summed E-state index contributed by atoms with van der Waals surface area (Å²) < 4.78 is 53.3. The lowest BCUT2D eigenvalue weighted by atomic mass is 10.1. The summed E-state index contributed by atoms with van der Waals surface area (Å²) in [5.41, 5.74) is 6.62. The van der Waals surface area contributed by atoms with Crippen molar-refractivity contribution in [3.63, 3.8) is 0 Å². The third kappa shape index (κ3) is 15.5. The minimum Gasteiger partial charge on any atom is -0.311 e. The monoisotopic (exact) mass is 740 g/mol. The standard InChI is InChI=1S/C44H52F4N6/c45-41-13-5-35(6-14-41)29-49-21-25-53(26-22-50-30-36-7-15-42(46)16-8-36)33-39-1-2-40(4-3-39)34-54(27-23-51-31-37-9-17-43(47)18-10-37)28-24-52-32-38-11-19-44(48)20-12-38/h1-20,49-52H,21-34H2. The van der Waals surface area contributed by atoms with Gasteiger partial charge in [0.25, 0.3) is 0 Å². The smallest absolute Gasteiger partial charge is 0.123 e. The van der Waals surface area contributed by atoms with Gasteiger partial charge in [-0.15, -0.1) is 0 Å². The van der Waals surface area contributed by atoms with Crippen molar-refractivity contribution in [3.05, 3.63) is 178 Å². The fourth-order valence-corrected chi connectivity index (χ4v) is 6.09. The maximum atomic E-state index is 13.3. The summed E-state index contributed by atoms with van der Waals surface area (Å²) in [6.45, 7) is 10.8. The number of hydrogen-bond donors (Lipinski definition) is 4. The van der Waals surface area contributed by atoms with Crippen LogP contribution in [0.3, 0.4) is 0 Å². The Labute approximate surface area is 317 Å². The molecule has 0 fully saturated rings. The van der Waals surface area contributed by atoms with Gasteiger partial charge >= 0.3 is 0 Å². The van der Waals surface area contributed by atoms with Gasteiger partial charge in [-0.3, -0.25) is 9.80 Å². The first-order valence-corrected chi connectivity index (χ1v) is 18.7. The van der Waals surface area contributed by atoms with Gasteiger partial charge in [-0.25, -0.2) is 17.6 Å². The van der Waals surface area contributed by atoms with Crippen LogP contribution in [0.5, 0.6) is 0 Å². The van der Waals surface area contributed by atoms with Gasteiger partial charge < -0.3 is 21.3 Å². The summed E-state index contributed by atoms with van der Waals surface area (Å²) in [4.78, 5) is 4.83. The van der Waals surface area contributed by atoms with Gasteiger partial charge in [0.1, 0.15) is 23.3 Å². The molecule has 54 heavy (non-hydrogen) atoms. The molecule has 0 aliphatic heterocycles. The Balaban J connectivity index is 1.13. The molecular formula is C44H52F4N6. The number of nitrogens with zero attached hydrogens (tertiary/aromatic N) is 2. The van der Waals surface area contributed by atoms with E-state index in [0.29, 0.717) is 26.2 Å². The van der Waals surface area contributed by atoms with Gasteiger partial charge in [0.05, 0.1) is 0 Å². The number of rotatable bonds is 24. The molecule has 0 aromatic heterocycles. The predicted molar refractivity (Wildman–Crippen MR) is 209 cm³/mol. The second-order valence-corrected chi connectivity index (χ2v) is 13.6. The van der Waals surface area contributed by atoms with Crippen molar-refractivity contribution in [3.8, 4) is 0 Å². The quantitative estimate of drug-likeness (QED) is 0.0404. The Hall–Kier alpha value is -4.42. The molecule has 10 heteroatoms. The van der Waals surface area contributed by atoms with E-state index < -0.39 is 0 Å². The van der Waals surface area contributed by atoms with Crippen molar-refractivity contribution >= 4 is 0 Å². The Morgan fingerprint density at radius 3 is 0.722 bits per heavy atom. The first-order valence-electron chi connectivity index (χ1n) is 18.7. The van der Waals surface area contributed by atoms with E-state index in [1.54, 1.807) is 48.5 Å². The summed E-state index contributed by atoms with van der Waals surface area (Å²) >= 11 is 0. The molecule has 6 nitrogen and oxygen atoms in total. The van der Waals surface area contributed by atoms with Crippen LogP contribution in [-0.2, 0) is 39.3 Å². The van der Waals surface area contributed by atoms with Gasteiger partial charge in [0.2, 0.25) is 0 Å². The van der Waals surface area contributed by atoms with E-state index in [2.05, 4.69) is 55.3 Å². The van der Waals surface area contributed by atoms with E-state index in [0.717, 1.165) is 87.7 Å². The maximum absolute atomic E-state index is 13.3. The van der Waals surface area contributed by atoms with Crippen LogP contribution >= 0.6 is 0 Å². The van der Waals surface area contributed by atoms with Gasteiger partial charge in [-0.1, -0.05) is 72.8 Å². The number of halogens is 4. The van der Waals surface area contributed by atoms with Crippen LogP contribution in [0.1, 0.15) is 33.4 Å². The Kier molecular flexibility index (Phi) is 17.1. The minimum atomic E-state index is -0.233. The van der Waals surface area contributed by atoms with Gasteiger partial charge in [-0.2, -0.15) is 0 Å². The molecule has 0 saturated carbocycles. The van der Waals surface area contributed by atoms with Crippen LogP contribution in [0.25, 0.3) is 0 Å². The fourth-order valence-electron chi connectivity index (χ4n) is 6.09. The van der Waals surface area contributed by atoms with Gasteiger partial charge in [-0.05, 0) is 81.9 Å². The molecule has 5 aromatic carbocycles. The molecule has 0 amide bonds. The average molecular weight is 741 g/mol. The molecule has 5 aromatic rings. The van der Waals surface area contributed by atoms with Crippen LogP contribution < -0.4 is 21.3 Å². The predicted octanol–water partition coefficient (Wildman–Crippen LogP) is 7.01. The molecule has 0 bridgehead atoms. The third-order valence-electron chi connectivity index (χ3n) is 9.22. The molecule has 0 spiro atoms. The van der Waals surface area contributed by atoms with Crippen molar-refractivity contribution in [2.75, 3.05) is 52.4 Å². The number of nitrogens with one attached hydrogen (secondary N) is 4. The molecular weight excluding hydrogens is 689 g/mol. The average Bonchev–Trinajstić information content (AvgIpc) is 3.18. The highest BCUT2D eigenvalue weighted by Gasteiger charge is 2.10. The summed E-state index contributed by atoms with van der Waals surface area (Å²) in [6.07, 6.45) is 0. The first-order chi connectivity index (χ1) is 26.4. The van der Waals surface area contributed by atoms with Gasteiger partial charge in [0, 0.05) is 91.6 Å². The third-order valence-corrected chi connectivity index (χ3v) is 9.22. The number of hydrogen-bond acceptors (Lipinski definition) is 6. The fraction of sp³-hybridized carbons (Fsp3) is 0.318. The highest BCUT2D eigenvalue weighted by Crippen LogP contribution is 2.11. The summed E-state index contributed by atoms with van der Waals surface area (Å²) in [7, 11) is 0. The van der Waals surface area contributed by atoms with E-state index in [9.17, 15) is 17.6 Å². The largest absolute Gasteiger partial charge is 0.311 e. The van der Waals surface area contributed by atoms with Crippen molar-refractivity contribution < 1.29 is 17.6 Å². The Morgan fingerprint density at radius 1 is 0.296 bits per heavy atom. The molecule has 0 atom stereocenters. The van der Waals surface area contributed by atoms with Gasteiger partial charge in [0.15, 0.2) is 0 Å². The Bertz CT molecular complexity index is 1510. The zero-order valence-electron chi connectivity index (χ0n) is 30.9. The second-order valence-electron chi connectivity index (χ2n) is 13.6. The van der Waals surface area contributed by atoms with Crippen LogP contribution in [0.2, 0.25) is 0 Å². The Morgan fingerprint density at radius 2 is 0.500 bits per heavy atom. The SMILES string of the molecule is Fc1ccc(CNCCN(CCNCc2ccc(F)cc2)Cc2ccc(CN(CCNCc3ccc(F)cc3)CCNCc3ccc(F)cc3)cc2)cc1. The van der Waals surface area contributed by atoms with E-state index in [4.69, 9.17) is 0 Å². The molecule has 0 radical (unpaired) electrons. The van der Waals surface area contributed by atoms with Crippen LogP contribution in [0.15, 0.2) is 121 Å². The summed E-state index contributed by atoms with van der Waals surface area (Å²) in [5.74, 6) is -0.934. The van der Waals surface area contributed by atoms with E-state index in [1.165, 1.54) is 59.7 Å². The first kappa shape index (κ1) is 40.8. The molecule has 0 aliphatic rings. The lowest BCUT2D eigenvalue weighted by molar-refractivity contribution is 0.262. The molecule has 5 rings (SSSR count). The van der Waals surface area contributed by atoms with Crippen LogP contribution in [0.4, 0.5) is 17.6 Å². The normalized spacial score (nSPS) is 11.5. The lowest BCUT2D eigenvalue weighted by Gasteiger charge is -2.24. The number of benzene rings is 5. The van der Waals surface area contributed by atoms with Crippen LogP contribution in [-0.4, -0.2) is 62.2 Å². The minimum absolute atomic E-state index is 0.233. The molecule has 0 aliphatic carbocycles. The zero-order valence-corrected chi connectivity index (χ0v) is 30.9. The topological polar surface area (TPSA) is 54.6 Å². The maximum Gasteiger partial charge on any atom is 0.123 e. The molecule has 4 N–H and O–H groups in total. The summed E-state index contributed by atoms with van der Waals surface area (Å²) in [5, 5.41) is 14.0. The zero-order chi connectivity index (χ0) is 37.8. The van der Waals surface area contributed by atoms with E-state index in [-0.39, 0.29) is 23.3 Å². The van der Waals surface area contributed by atoms with Crippen molar-refractivity contribution in [2.45, 2.75) is 39.3 Å². The van der Waals surface area contributed by atoms with Crippen molar-refractivity contribution in [1.82, 2.24) is 31.1 Å². The molecule has 0 saturated heterocycles. The highest BCUT2D eigenvalue weighted by molar-refractivity contribution is 5.23. The highest BCUT2D eigenvalue weighted by atomic mass is 19.1. The van der Waals surface area contributed by atoms with E-state index in [1.807, 2.05) is 0 Å². The van der Waals surface area contributed by atoms with Crippen molar-refractivity contribution in [2.24, 2.45) is 0 Å². The summed E-state index contributed by atoms with van der Waals surface area (Å²) in [6, 6.07) is 35.1. The second kappa shape index (κ2) is 22.7. The molecule has 0 unspecified atom stereocenters. The van der Waals surface area contributed by atoms with E-state index >= 15 is 0 Å².